The molecule has 0 bridgehead atoms. The number of halogens is 6. The first-order valence-electron chi connectivity index (χ1n) is 16.1. The summed E-state index contributed by atoms with van der Waals surface area (Å²) in [5, 5.41) is 0. The molecule has 0 aliphatic heterocycles. The number of rotatable bonds is 6. The molecule has 0 atom stereocenters. The Morgan fingerprint density at radius 2 is 0.881 bits per heavy atom. The van der Waals surface area contributed by atoms with Gasteiger partial charge in [0.1, 0.15) is 0 Å². The molecule has 1 aliphatic rings. The Balaban J connectivity index is -0.0000000671. The third-order valence-electron chi connectivity index (χ3n) is 4.53. The van der Waals surface area contributed by atoms with Gasteiger partial charge in [0.05, 0.1) is 6.67 Å². The molecule has 1 aliphatic carbocycles. The minimum atomic E-state index is -4.00. The van der Waals surface area contributed by atoms with E-state index in [-0.39, 0.29) is 12.6 Å². The first-order chi connectivity index (χ1) is 18.7. The quantitative estimate of drug-likeness (QED) is 0.266. The van der Waals surface area contributed by atoms with Crippen molar-refractivity contribution in [2.24, 2.45) is 40.9 Å². The Morgan fingerprint density at radius 1 is 0.667 bits per heavy atom. The molecule has 0 aromatic heterocycles. The van der Waals surface area contributed by atoms with Gasteiger partial charge in [-0.15, -0.1) is 0 Å². The highest BCUT2D eigenvalue weighted by Crippen LogP contribution is 2.43. The summed E-state index contributed by atoms with van der Waals surface area (Å²) in [4.78, 5) is 0. The van der Waals surface area contributed by atoms with Gasteiger partial charge in [0, 0.05) is 25.6 Å². The van der Waals surface area contributed by atoms with Crippen LogP contribution in [0.5, 0.6) is 0 Å². The number of hydrogen-bond donors (Lipinski definition) is 0. The smallest absolute Gasteiger partial charge is 0.384 e. The van der Waals surface area contributed by atoms with Gasteiger partial charge in [-0.1, -0.05) is 144 Å². The first kappa shape index (κ1) is 57.2. The summed E-state index contributed by atoms with van der Waals surface area (Å²) in [6.07, 6.45) is 0.699. The summed E-state index contributed by atoms with van der Waals surface area (Å²) in [5.41, 5.74) is 0.750. The van der Waals surface area contributed by atoms with Gasteiger partial charge in [-0.2, -0.15) is 13.2 Å². The normalized spacial score (nSPS) is 12.6. The van der Waals surface area contributed by atoms with Crippen LogP contribution in [0.4, 0.5) is 26.3 Å². The van der Waals surface area contributed by atoms with Crippen molar-refractivity contribution >= 4 is 0 Å². The average molecular weight is 629 g/mol. The Kier molecular flexibility index (Phi) is 52.5. The van der Waals surface area contributed by atoms with Gasteiger partial charge in [-0.05, 0) is 41.9 Å². The van der Waals surface area contributed by atoms with E-state index in [4.69, 9.17) is 4.74 Å². The van der Waals surface area contributed by atoms with Crippen LogP contribution >= 0.6 is 0 Å². The van der Waals surface area contributed by atoms with Crippen LogP contribution < -0.4 is 0 Å². The monoisotopic (exact) mass is 629 g/mol. The van der Waals surface area contributed by atoms with Crippen LogP contribution in [0.1, 0.15) is 157 Å². The fourth-order valence-corrected chi connectivity index (χ4v) is 0.583. The van der Waals surface area contributed by atoms with Crippen LogP contribution in [-0.4, -0.2) is 33.0 Å². The maximum atomic E-state index is 11.2. The zero-order valence-electron chi connectivity index (χ0n) is 31.7. The second-order valence-corrected chi connectivity index (χ2v) is 13.9. The second kappa shape index (κ2) is 38.6. The minimum Gasteiger partial charge on any atom is -0.384 e. The van der Waals surface area contributed by atoms with E-state index in [2.05, 4.69) is 83.1 Å². The molecule has 1 nitrogen and oxygen atoms in total. The molecule has 1 saturated carbocycles. The molecule has 266 valence electrons. The molecule has 0 unspecified atom stereocenters. The summed E-state index contributed by atoms with van der Waals surface area (Å²) >= 11 is 0. The van der Waals surface area contributed by atoms with E-state index in [9.17, 15) is 26.3 Å². The summed E-state index contributed by atoms with van der Waals surface area (Å²) in [6, 6.07) is 0. The maximum Gasteiger partial charge on any atom is 0.391 e. The van der Waals surface area contributed by atoms with E-state index >= 15 is 0 Å². The van der Waals surface area contributed by atoms with Crippen molar-refractivity contribution in [2.45, 2.75) is 169 Å². The van der Waals surface area contributed by atoms with E-state index in [0.29, 0.717) is 5.92 Å². The molecule has 42 heavy (non-hydrogen) atoms. The fraction of sp³-hybridized carbons (Fsp3) is 1.00. The number of hydrogen-bond acceptors (Lipinski definition) is 1. The molecule has 1 rings (SSSR count). The van der Waals surface area contributed by atoms with Gasteiger partial charge < -0.3 is 4.74 Å². The molecule has 0 aromatic carbocycles. The SMILES string of the molecule is CC(C)C.CC(C)C(F)(F)F.CC(C)C(F)F.CC(C)CF.CC1(C)CC1.CCC(C)C.CCCC.COCC(C)C. The highest BCUT2D eigenvalue weighted by Gasteiger charge is 2.31. The lowest BCUT2D eigenvalue weighted by Crippen LogP contribution is -2.15. The van der Waals surface area contributed by atoms with Crippen molar-refractivity contribution in [3.05, 3.63) is 0 Å². The summed E-state index contributed by atoms with van der Waals surface area (Å²) in [6.45, 7) is 36.0. The lowest BCUT2D eigenvalue weighted by molar-refractivity contribution is -0.164. The third-order valence-corrected chi connectivity index (χ3v) is 4.53. The molecule has 0 heterocycles. The van der Waals surface area contributed by atoms with Crippen molar-refractivity contribution in [1.82, 2.24) is 0 Å². The fourth-order valence-electron chi connectivity index (χ4n) is 0.583. The Bertz CT molecular complexity index is 418. The zero-order valence-corrected chi connectivity index (χ0v) is 31.7. The van der Waals surface area contributed by atoms with Crippen molar-refractivity contribution < 1.29 is 31.1 Å². The van der Waals surface area contributed by atoms with Crippen LogP contribution in [0.3, 0.4) is 0 Å². The summed E-state index contributed by atoms with van der Waals surface area (Å²) in [7, 11) is 1.72. The van der Waals surface area contributed by atoms with Crippen LogP contribution in [-0.2, 0) is 4.74 Å². The molecule has 1 fully saturated rings. The topological polar surface area (TPSA) is 9.23 Å². The van der Waals surface area contributed by atoms with Gasteiger partial charge in [-0.25, -0.2) is 8.78 Å². The second-order valence-electron chi connectivity index (χ2n) is 13.9. The first-order valence-corrected chi connectivity index (χ1v) is 16.1. The molecule has 0 spiro atoms. The van der Waals surface area contributed by atoms with Gasteiger partial charge in [0.25, 0.3) is 0 Å². The van der Waals surface area contributed by atoms with Crippen molar-refractivity contribution in [2.75, 3.05) is 20.4 Å². The molecular formula is C35H78F6O. The Morgan fingerprint density at radius 3 is 0.881 bits per heavy atom. The number of alkyl halides is 6. The largest absolute Gasteiger partial charge is 0.391 e. The summed E-state index contributed by atoms with van der Waals surface area (Å²) < 4.78 is 71.8. The molecule has 0 N–H and O–H groups in total. The molecule has 0 aromatic rings. The highest BCUT2D eigenvalue weighted by atomic mass is 19.4. The number of methoxy groups -OCH3 is 1. The Labute approximate surface area is 261 Å². The van der Waals surface area contributed by atoms with E-state index in [1.807, 2.05) is 13.8 Å². The molecule has 0 amide bonds. The predicted octanol–water partition coefficient (Wildman–Crippen LogP) is 14.3. The minimum absolute atomic E-state index is 0.194. The van der Waals surface area contributed by atoms with E-state index in [1.54, 1.807) is 7.11 Å². The van der Waals surface area contributed by atoms with Crippen LogP contribution in [0, 0.1) is 40.9 Å². The number of unbranched alkanes of at least 4 members (excludes halogenated alkanes) is 1. The third kappa shape index (κ3) is 116. The molecule has 0 radical (unpaired) electrons. The van der Waals surface area contributed by atoms with Crippen molar-refractivity contribution in [3.8, 4) is 0 Å². The van der Waals surface area contributed by atoms with Gasteiger partial charge in [-0.3, -0.25) is 4.39 Å². The lowest BCUT2D eigenvalue weighted by atomic mass is 10.2. The Hall–Kier alpha value is -0.460. The zero-order chi connectivity index (χ0) is 35.7. The maximum absolute atomic E-state index is 11.2. The molecular weight excluding hydrogens is 550 g/mol. The van der Waals surface area contributed by atoms with Crippen molar-refractivity contribution in [3.63, 3.8) is 0 Å². The average Bonchev–Trinajstić information content (AvgIpc) is 3.54. The van der Waals surface area contributed by atoms with Crippen molar-refractivity contribution in [1.29, 1.82) is 0 Å². The van der Waals surface area contributed by atoms with Crippen LogP contribution in [0.15, 0.2) is 0 Å². The lowest BCUT2D eigenvalue weighted by Gasteiger charge is -2.07. The van der Waals surface area contributed by atoms with Gasteiger partial charge in [0.2, 0.25) is 6.43 Å². The van der Waals surface area contributed by atoms with Crippen LogP contribution in [0.2, 0.25) is 0 Å². The molecule has 0 saturated heterocycles. The van der Waals surface area contributed by atoms with E-state index < -0.39 is 24.4 Å². The van der Waals surface area contributed by atoms with Gasteiger partial charge >= 0.3 is 6.18 Å². The highest BCUT2D eigenvalue weighted by molar-refractivity contribution is 4.82. The standard InChI is InChI=1S/C5H12O.C5H10.C5H12.C4H7F3.C4H8F2.C4H9F.2C4H10/c1-5(2)4-6-3;1-5(2)3-4-5;1-4-5(2)3;1-3(2)4(5,6)7;1-3(2)4(5)6;1-4(2)3-5;1-4(2)3;1-3-4-2/h5H,4H2,1-3H3;3-4H2,1-2H3;5H,4H2,1-3H3;3H,1-2H3;3-4H,1-2H3;4H,3H2,1-2H3;4H,1-3H3;3-4H2,1-2H3. The molecule has 7 heteroatoms. The van der Waals surface area contributed by atoms with E-state index in [1.165, 1.54) is 46.0 Å². The van der Waals surface area contributed by atoms with Gasteiger partial charge in [0.15, 0.2) is 0 Å². The van der Waals surface area contributed by atoms with Crippen LogP contribution in [0.25, 0.3) is 0 Å². The predicted molar refractivity (Wildman–Crippen MR) is 178 cm³/mol. The summed E-state index contributed by atoms with van der Waals surface area (Å²) in [5.74, 6) is 0.928. The number of ether oxygens (including phenoxy) is 1. The van der Waals surface area contributed by atoms with E-state index in [0.717, 1.165) is 37.7 Å².